The Labute approximate surface area is 158 Å². The monoisotopic (exact) mass is 368 g/mol. The Morgan fingerprint density at radius 1 is 0.846 bits per heavy atom. The molecule has 2 aromatic carbocycles. The van der Waals surface area contributed by atoms with E-state index in [9.17, 15) is 9.59 Å². The third kappa shape index (κ3) is 3.34. The highest BCUT2D eigenvalue weighted by Gasteiger charge is 2.46. The molecule has 1 heterocycles. The molecule has 0 aromatic heterocycles. The van der Waals surface area contributed by atoms with E-state index in [1.807, 2.05) is 64.4 Å². The molecule has 0 spiro atoms. The summed E-state index contributed by atoms with van der Waals surface area (Å²) in [5, 5.41) is 0.742. The maximum absolute atomic E-state index is 12.8. The fourth-order valence-corrected chi connectivity index (χ4v) is 3.99. The lowest BCUT2D eigenvalue weighted by Crippen LogP contribution is -2.51. The first-order valence-corrected chi connectivity index (χ1v) is 9.40. The zero-order valence-corrected chi connectivity index (χ0v) is 15.2. The predicted octanol–water partition coefficient (Wildman–Crippen LogP) is 3.43. The SMILES string of the molecule is O=C(c1ccccc1)N1CCN(C(=O)C2CC2c2ccccc2Cl)CC1. The Kier molecular flexibility index (Phi) is 4.68. The fraction of sp³-hybridized carbons (Fsp3) is 0.333. The molecule has 2 aromatic rings. The number of halogens is 1. The third-order valence-electron chi connectivity index (χ3n) is 5.31. The van der Waals surface area contributed by atoms with Crippen LogP contribution in [0.15, 0.2) is 54.6 Å². The van der Waals surface area contributed by atoms with Crippen molar-refractivity contribution in [2.75, 3.05) is 26.2 Å². The van der Waals surface area contributed by atoms with E-state index in [1.165, 1.54) is 0 Å². The van der Waals surface area contributed by atoms with Crippen molar-refractivity contribution in [3.05, 3.63) is 70.7 Å². The van der Waals surface area contributed by atoms with Gasteiger partial charge in [-0.05, 0) is 36.1 Å². The van der Waals surface area contributed by atoms with E-state index in [2.05, 4.69) is 0 Å². The number of hydrogen-bond donors (Lipinski definition) is 0. The molecule has 134 valence electrons. The molecule has 26 heavy (non-hydrogen) atoms. The second-order valence-corrected chi connectivity index (χ2v) is 7.36. The Balaban J connectivity index is 1.33. The van der Waals surface area contributed by atoms with Gasteiger partial charge in [0, 0.05) is 42.7 Å². The van der Waals surface area contributed by atoms with Gasteiger partial charge in [-0.2, -0.15) is 0 Å². The summed E-state index contributed by atoms with van der Waals surface area (Å²) in [4.78, 5) is 29.0. The zero-order chi connectivity index (χ0) is 18.1. The van der Waals surface area contributed by atoms with Gasteiger partial charge in [0.15, 0.2) is 0 Å². The number of hydrogen-bond acceptors (Lipinski definition) is 2. The molecule has 0 bridgehead atoms. The van der Waals surface area contributed by atoms with Crippen LogP contribution < -0.4 is 0 Å². The average molecular weight is 369 g/mol. The number of rotatable bonds is 3. The predicted molar refractivity (Wildman–Crippen MR) is 101 cm³/mol. The van der Waals surface area contributed by atoms with E-state index in [4.69, 9.17) is 11.6 Å². The quantitative estimate of drug-likeness (QED) is 0.832. The highest BCUT2D eigenvalue weighted by atomic mass is 35.5. The van der Waals surface area contributed by atoms with Gasteiger partial charge in [-0.3, -0.25) is 9.59 Å². The minimum Gasteiger partial charge on any atom is -0.339 e. The summed E-state index contributed by atoms with van der Waals surface area (Å²) in [5.74, 6) is 0.506. The van der Waals surface area contributed by atoms with E-state index >= 15 is 0 Å². The largest absolute Gasteiger partial charge is 0.339 e. The molecular weight excluding hydrogens is 348 g/mol. The minimum atomic E-state index is 0.0336. The van der Waals surface area contributed by atoms with Crippen LogP contribution in [0.1, 0.15) is 28.3 Å². The fourth-order valence-electron chi connectivity index (χ4n) is 3.72. The van der Waals surface area contributed by atoms with E-state index in [1.54, 1.807) is 0 Å². The zero-order valence-electron chi connectivity index (χ0n) is 14.5. The molecule has 2 aliphatic rings. The number of nitrogens with zero attached hydrogens (tertiary/aromatic N) is 2. The van der Waals surface area contributed by atoms with Gasteiger partial charge < -0.3 is 9.80 Å². The standard InChI is InChI=1S/C21H21ClN2O2/c22-19-9-5-4-8-16(19)17-14-18(17)21(26)24-12-10-23(11-13-24)20(25)15-6-2-1-3-7-15/h1-9,17-18H,10-14H2. The summed E-state index contributed by atoms with van der Waals surface area (Å²) >= 11 is 6.26. The van der Waals surface area contributed by atoms with Crippen molar-refractivity contribution in [3.63, 3.8) is 0 Å². The molecule has 5 heteroatoms. The number of carbonyl (C=O) groups is 2. The van der Waals surface area contributed by atoms with Gasteiger partial charge in [0.2, 0.25) is 5.91 Å². The van der Waals surface area contributed by atoms with Crippen LogP contribution in [0.2, 0.25) is 5.02 Å². The first-order chi connectivity index (χ1) is 12.6. The maximum Gasteiger partial charge on any atom is 0.253 e. The second kappa shape index (κ2) is 7.12. The van der Waals surface area contributed by atoms with Crippen LogP contribution in [0.4, 0.5) is 0 Å². The van der Waals surface area contributed by atoms with Crippen molar-refractivity contribution in [3.8, 4) is 0 Å². The van der Waals surface area contributed by atoms with Gasteiger partial charge in [-0.25, -0.2) is 0 Å². The Morgan fingerprint density at radius 2 is 1.46 bits per heavy atom. The molecule has 1 aliphatic carbocycles. The Morgan fingerprint density at radius 3 is 2.15 bits per heavy atom. The van der Waals surface area contributed by atoms with Crippen molar-refractivity contribution >= 4 is 23.4 Å². The van der Waals surface area contributed by atoms with Crippen molar-refractivity contribution in [2.45, 2.75) is 12.3 Å². The van der Waals surface area contributed by atoms with Crippen molar-refractivity contribution in [1.82, 2.24) is 9.80 Å². The highest BCUT2D eigenvalue weighted by molar-refractivity contribution is 6.31. The summed E-state index contributed by atoms with van der Waals surface area (Å²) in [6.45, 7) is 2.37. The van der Waals surface area contributed by atoms with E-state index < -0.39 is 0 Å². The smallest absolute Gasteiger partial charge is 0.253 e. The van der Waals surface area contributed by atoms with E-state index in [-0.39, 0.29) is 23.7 Å². The van der Waals surface area contributed by atoms with Crippen molar-refractivity contribution in [1.29, 1.82) is 0 Å². The molecule has 4 nitrogen and oxygen atoms in total. The molecule has 2 atom stereocenters. The van der Waals surface area contributed by atoms with Gasteiger partial charge in [-0.15, -0.1) is 0 Å². The highest BCUT2D eigenvalue weighted by Crippen LogP contribution is 2.50. The molecule has 1 saturated carbocycles. The third-order valence-corrected chi connectivity index (χ3v) is 5.66. The molecule has 2 amide bonds. The second-order valence-electron chi connectivity index (χ2n) is 6.95. The molecule has 2 unspecified atom stereocenters. The summed E-state index contributed by atoms with van der Waals surface area (Å²) in [6, 6.07) is 17.1. The van der Waals surface area contributed by atoms with Crippen LogP contribution in [0, 0.1) is 5.92 Å². The van der Waals surface area contributed by atoms with Gasteiger partial charge in [0.05, 0.1) is 0 Å². The lowest BCUT2D eigenvalue weighted by atomic mass is 10.1. The molecule has 1 saturated heterocycles. The summed E-state index contributed by atoms with van der Waals surface area (Å²) in [6.07, 6.45) is 0.867. The normalized spacial score (nSPS) is 22.2. The number of piperazine rings is 1. The van der Waals surface area contributed by atoms with Gasteiger partial charge in [0.25, 0.3) is 5.91 Å². The summed E-state index contributed by atoms with van der Waals surface area (Å²) in [7, 11) is 0. The summed E-state index contributed by atoms with van der Waals surface area (Å²) in [5.41, 5.74) is 1.78. The number of amides is 2. The lowest BCUT2D eigenvalue weighted by Gasteiger charge is -2.35. The van der Waals surface area contributed by atoms with Crippen LogP contribution >= 0.6 is 11.6 Å². The first-order valence-electron chi connectivity index (χ1n) is 9.02. The van der Waals surface area contributed by atoms with E-state index in [0.717, 1.165) is 17.0 Å². The molecule has 2 fully saturated rings. The lowest BCUT2D eigenvalue weighted by molar-refractivity contribution is -0.134. The Bertz CT molecular complexity index is 816. The molecule has 0 N–H and O–H groups in total. The van der Waals surface area contributed by atoms with Gasteiger partial charge in [0.1, 0.15) is 0 Å². The van der Waals surface area contributed by atoms with Crippen LogP contribution in [0.3, 0.4) is 0 Å². The topological polar surface area (TPSA) is 40.6 Å². The number of carbonyl (C=O) groups excluding carboxylic acids is 2. The number of benzene rings is 2. The van der Waals surface area contributed by atoms with Gasteiger partial charge >= 0.3 is 0 Å². The van der Waals surface area contributed by atoms with E-state index in [0.29, 0.717) is 31.7 Å². The van der Waals surface area contributed by atoms with Crippen LogP contribution in [0.25, 0.3) is 0 Å². The van der Waals surface area contributed by atoms with Crippen molar-refractivity contribution < 1.29 is 9.59 Å². The maximum atomic E-state index is 12.8. The minimum absolute atomic E-state index is 0.0336. The summed E-state index contributed by atoms with van der Waals surface area (Å²) < 4.78 is 0. The molecule has 0 radical (unpaired) electrons. The molecule has 1 aliphatic heterocycles. The average Bonchev–Trinajstić information content (AvgIpc) is 3.48. The van der Waals surface area contributed by atoms with Crippen LogP contribution in [-0.4, -0.2) is 47.8 Å². The van der Waals surface area contributed by atoms with Gasteiger partial charge in [-0.1, -0.05) is 48.0 Å². The van der Waals surface area contributed by atoms with Crippen LogP contribution in [0.5, 0.6) is 0 Å². The van der Waals surface area contributed by atoms with Crippen molar-refractivity contribution in [2.24, 2.45) is 5.92 Å². The molecule has 4 rings (SSSR count). The Hall–Kier alpha value is -2.33. The van der Waals surface area contributed by atoms with Crippen LogP contribution in [-0.2, 0) is 4.79 Å². The molecular formula is C21H21ClN2O2. The first kappa shape index (κ1) is 17.1.